The summed E-state index contributed by atoms with van der Waals surface area (Å²) < 4.78 is 5.42. The minimum Gasteiger partial charge on any atom is -0.378 e. The van der Waals surface area contributed by atoms with Gasteiger partial charge >= 0.3 is 0 Å². The minimum atomic E-state index is -0.438. The molecule has 4 rings (SSSR count). The Morgan fingerprint density at radius 1 is 1.14 bits per heavy atom. The van der Waals surface area contributed by atoms with Gasteiger partial charge < -0.3 is 15.0 Å². The summed E-state index contributed by atoms with van der Waals surface area (Å²) in [7, 11) is 0. The van der Waals surface area contributed by atoms with Gasteiger partial charge in [0, 0.05) is 23.8 Å². The first-order valence-corrected chi connectivity index (χ1v) is 10.5. The van der Waals surface area contributed by atoms with E-state index < -0.39 is 5.41 Å². The third-order valence-electron chi connectivity index (χ3n) is 6.14. The van der Waals surface area contributed by atoms with Gasteiger partial charge in [-0.25, -0.2) is 0 Å². The number of anilines is 1. The Morgan fingerprint density at radius 2 is 1.86 bits per heavy atom. The highest BCUT2D eigenvalue weighted by atomic mass is 35.5. The fourth-order valence-corrected chi connectivity index (χ4v) is 4.37. The van der Waals surface area contributed by atoms with E-state index in [1.54, 1.807) is 0 Å². The lowest BCUT2D eigenvalue weighted by Crippen LogP contribution is -2.49. The number of benzene rings is 2. The maximum Gasteiger partial charge on any atom is 0.231 e. The number of ether oxygens (including phenoxy) is 1. The van der Waals surface area contributed by atoms with E-state index in [-0.39, 0.29) is 11.9 Å². The van der Waals surface area contributed by atoms with Crippen LogP contribution in [0.15, 0.2) is 48.5 Å². The first kappa shape index (κ1) is 19.3. The maximum atomic E-state index is 13.2. The number of nitrogens with one attached hydrogen (secondary N) is 1. The lowest BCUT2D eigenvalue weighted by molar-refractivity contribution is -0.130. The Kier molecular flexibility index (Phi) is 5.61. The summed E-state index contributed by atoms with van der Waals surface area (Å²) in [5.41, 5.74) is 2.91. The molecule has 0 bridgehead atoms. The van der Waals surface area contributed by atoms with E-state index in [0.717, 1.165) is 56.7 Å². The summed E-state index contributed by atoms with van der Waals surface area (Å²) in [6.07, 6.45) is 2.83. The molecule has 148 valence electrons. The molecule has 1 aliphatic carbocycles. The van der Waals surface area contributed by atoms with Crippen LogP contribution in [0.2, 0.25) is 5.02 Å². The van der Waals surface area contributed by atoms with Crippen LogP contribution in [0.3, 0.4) is 0 Å². The zero-order valence-corrected chi connectivity index (χ0v) is 17.0. The van der Waals surface area contributed by atoms with Crippen LogP contribution in [0.5, 0.6) is 0 Å². The highest BCUT2D eigenvalue weighted by Crippen LogP contribution is 2.45. The molecule has 1 atom stereocenters. The highest BCUT2D eigenvalue weighted by Gasteiger charge is 2.46. The number of carbonyl (C=O) groups excluding carboxylic acids is 1. The molecule has 1 aliphatic heterocycles. The van der Waals surface area contributed by atoms with Gasteiger partial charge in [0.05, 0.1) is 24.7 Å². The molecule has 1 amide bonds. The van der Waals surface area contributed by atoms with E-state index in [9.17, 15) is 4.79 Å². The first-order valence-electron chi connectivity index (χ1n) is 10.1. The minimum absolute atomic E-state index is 0.0390. The van der Waals surface area contributed by atoms with E-state index in [0.29, 0.717) is 5.02 Å². The van der Waals surface area contributed by atoms with Crippen LogP contribution in [0, 0.1) is 0 Å². The lowest BCUT2D eigenvalue weighted by atomic mass is 9.63. The standard InChI is InChI=1S/C23H27ClN2O2/c1-17(18-6-8-21(9-7-18)26-12-14-28-15-13-26)25-22(27)23(10-3-11-23)19-4-2-5-20(24)16-19/h2,4-9,16-17H,3,10-15H2,1H3,(H,25,27). The average molecular weight is 399 g/mol. The monoisotopic (exact) mass is 398 g/mol. The fraction of sp³-hybridized carbons (Fsp3) is 0.435. The zero-order chi connectivity index (χ0) is 19.6. The molecule has 0 radical (unpaired) electrons. The molecule has 1 saturated carbocycles. The molecule has 4 nitrogen and oxygen atoms in total. The Balaban J connectivity index is 1.45. The molecule has 2 aromatic rings. The Bertz CT molecular complexity index is 827. The van der Waals surface area contributed by atoms with Crippen LogP contribution in [0.1, 0.15) is 43.4 Å². The summed E-state index contributed by atoms with van der Waals surface area (Å²) in [5.74, 6) is 0.103. The molecule has 2 aromatic carbocycles. The van der Waals surface area contributed by atoms with Crippen molar-refractivity contribution in [2.45, 2.75) is 37.6 Å². The van der Waals surface area contributed by atoms with Gasteiger partial charge in [-0.3, -0.25) is 4.79 Å². The van der Waals surface area contributed by atoms with Crippen molar-refractivity contribution in [2.75, 3.05) is 31.2 Å². The van der Waals surface area contributed by atoms with Crippen LogP contribution in [0.4, 0.5) is 5.69 Å². The Hall–Kier alpha value is -2.04. The van der Waals surface area contributed by atoms with Gasteiger partial charge in [0.15, 0.2) is 0 Å². The largest absolute Gasteiger partial charge is 0.378 e. The molecular formula is C23H27ClN2O2. The summed E-state index contributed by atoms with van der Waals surface area (Å²) in [6.45, 7) is 5.45. The van der Waals surface area contributed by atoms with E-state index >= 15 is 0 Å². The third-order valence-corrected chi connectivity index (χ3v) is 6.37. The van der Waals surface area contributed by atoms with E-state index in [1.165, 1.54) is 5.69 Å². The number of rotatable bonds is 5. The fourth-order valence-electron chi connectivity index (χ4n) is 4.18. The van der Waals surface area contributed by atoms with Gasteiger partial charge in [0.1, 0.15) is 0 Å². The van der Waals surface area contributed by atoms with Gasteiger partial charge in [-0.15, -0.1) is 0 Å². The number of carbonyl (C=O) groups is 1. The SMILES string of the molecule is CC(NC(=O)C1(c2cccc(Cl)c2)CCC1)c1ccc(N2CCOCC2)cc1. The number of halogens is 1. The molecule has 2 fully saturated rings. The van der Waals surface area contributed by atoms with Crippen LogP contribution in [-0.4, -0.2) is 32.2 Å². The molecule has 0 aromatic heterocycles. The predicted molar refractivity (Wildman–Crippen MR) is 113 cm³/mol. The molecule has 1 unspecified atom stereocenters. The molecule has 0 spiro atoms. The van der Waals surface area contributed by atoms with E-state index in [2.05, 4.69) is 34.5 Å². The average Bonchev–Trinajstić information content (AvgIpc) is 2.68. The zero-order valence-electron chi connectivity index (χ0n) is 16.3. The number of hydrogen-bond acceptors (Lipinski definition) is 3. The van der Waals surface area contributed by atoms with Gasteiger partial charge in [0.25, 0.3) is 0 Å². The molecule has 2 aliphatic rings. The van der Waals surface area contributed by atoms with Crippen molar-refractivity contribution in [3.05, 3.63) is 64.7 Å². The number of nitrogens with zero attached hydrogens (tertiary/aromatic N) is 1. The summed E-state index contributed by atoms with van der Waals surface area (Å²) in [5, 5.41) is 3.92. The van der Waals surface area contributed by atoms with Gasteiger partial charge in [-0.1, -0.05) is 42.3 Å². The summed E-state index contributed by atoms with van der Waals surface area (Å²) >= 11 is 6.17. The topological polar surface area (TPSA) is 41.6 Å². The Labute approximate surface area is 171 Å². The van der Waals surface area contributed by atoms with Crippen LogP contribution >= 0.6 is 11.6 Å². The second-order valence-corrected chi connectivity index (χ2v) is 8.27. The highest BCUT2D eigenvalue weighted by molar-refractivity contribution is 6.30. The van der Waals surface area contributed by atoms with Crippen molar-refractivity contribution >= 4 is 23.2 Å². The van der Waals surface area contributed by atoms with Gasteiger partial charge in [0.2, 0.25) is 5.91 Å². The predicted octanol–water partition coefficient (Wildman–Crippen LogP) is 4.48. The lowest BCUT2D eigenvalue weighted by Gasteiger charge is -2.41. The second-order valence-electron chi connectivity index (χ2n) is 7.83. The van der Waals surface area contributed by atoms with Gasteiger partial charge in [-0.05, 0) is 55.2 Å². The van der Waals surface area contributed by atoms with Crippen LogP contribution in [0.25, 0.3) is 0 Å². The molecule has 1 N–H and O–H groups in total. The molecule has 28 heavy (non-hydrogen) atoms. The van der Waals surface area contributed by atoms with Crippen molar-refractivity contribution in [1.82, 2.24) is 5.32 Å². The van der Waals surface area contributed by atoms with Crippen LogP contribution < -0.4 is 10.2 Å². The number of morpholine rings is 1. The second kappa shape index (κ2) is 8.14. The smallest absolute Gasteiger partial charge is 0.231 e. The summed E-state index contributed by atoms with van der Waals surface area (Å²) in [4.78, 5) is 15.5. The van der Waals surface area contributed by atoms with E-state index in [1.807, 2.05) is 31.2 Å². The van der Waals surface area contributed by atoms with E-state index in [4.69, 9.17) is 16.3 Å². The van der Waals surface area contributed by atoms with Crippen molar-refractivity contribution in [3.63, 3.8) is 0 Å². The Morgan fingerprint density at radius 3 is 2.46 bits per heavy atom. The molecule has 1 saturated heterocycles. The molecule has 5 heteroatoms. The molecular weight excluding hydrogens is 372 g/mol. The maximum absolute atomic E-state index is 13.2. The number of hydrogen-bond donors (Lipinski definition) is 1. The van der Waals surface area contributed by atoms with Crippen molar-refractivity contribution in [2.24, 2.45) is 0 Å². The van der Waals surface area contributed by atoms with Crippen molar-refractivity contribution in [1.29, 1.82) is 0 Å². The molecule has 1 heterocycles. The van der Waals surface area contributed by atoms with Crippen molar-refractivity contribution in [3.8, 4) is 0 Å². The quantitative estimate of drug-likeness (QED) is 0.807. The first-order chi connectivity index (χ1) is 13.6. The summed E-state index contributed by atoms with van der Waals surface area (Å²) in [6, 6.07) is 16.2. The third kappa shape index (κ3) is 3.76. The van der Waals surface area contributed by atoms with Gasteiger partial charge in [-0.2, -0.15) is 0 Å². The van der Waals surface area contributed by atoms with Crippen molar-refractivity contribution < 1.29 is 9.53 Å². The van der Waals surface area contributed by atoms with Crippen LogP contribution in [-0.2, 0) is 14.9 Å². The normalized spacial score (nSPS) is 19.6. The number of amides is 1.